The third-order valence-corrected chi connectivity index (χ3v) is 5.53. The summed E-state index contributed by atoms with van der Waals surface area (Å²) in [6.07, 6.45) is 5.44. The number of morpholine rings is 1. The van der Waals surface area contributed by atoms with Gasteiger partial charge in [-0.1, -0.05) is 20.3 Å². The monoisotopic (exact) mass is 360 g/mol. The van der Waals surface area contributed by atoms with Gasteiger partial charge in [0.25, 0.3) is 5.79 Å². The number of benzene rings is 1. The van der Waals surface area contributed by atoms with Gasteiger partial charge in [0.2, 0.25) is 0 Å². The van der Waals surface area contributed by atoms with Gasteiger partial charge in [-0.2, -0.15) is 0 Å². The van der Waals surface area contributed by atoms with Crippen molar-refractivity contribution >= 4 is 11.7 Å². The van der Waals surface area contributed by atoms with Crippen LogP contribution in [0.1, 0.15) is 46.0 Å². The highest BCUT2D eigenvalue weighted by Crippen LogP contribution is 2.46. The minimum absolute atomic E-state index is 0.0924. The van der Waals surface area contributed by atoms with Crippen LogP contribution in [-0.2, 0) is 4.74 Å². The van der Waals surface area contributed by atoms with Crippen LogP contribution < -0.4 is 14.8 Å². The molecule has 0 unspecified atom stereocenters. The van der Waals surface area contributed by atoms with Crippen LogP contribution in [0.15, 0.2) is 18.2 Å². The van der Waals surface area contributed by atoms with E-state index in [0.717, 1.165) is 42.9 Å². The van der Waals surface area contributed by atoms with Crippen LogP contribution in [0.25, 0.3) is 0 Å². The molecule has 0 radical (unpaired) electrons. The van der Waals surface area contributed by atoms with Crippen LogP contribution in [-0.4, -0.2) is 42.5 Å². The molecule has 2 amide bonds. The van der Waals surface area contributed by atoms with Crippen LogP contribution >= 0.6 is 0 Å². The molecule has 1 saturated heterocycles. The number of amides is 2. The van der Waals surface area contributed by atoms with Gasteiger partial charge in [-0.05, 0) is 30.9 Å². The number of ether oxygens (including phenoxy) is 3. The zero-order valence-electron chi connectivity index (χ0n) is 15.6. The summed E-state index contributed by atoms with van der Waals surface area (Å²) in [6, 6.07) is 5.55. The molecule has 1 spiro atoms. The number of carbonyl (C=O) groups excluding carboxylic acids is 1. The lowest BCUT2D eigenvalue weighted by Gasteiger charge is -2.34. The van der Waals surface area contributed by atoms with Crippen molar-refractivity contribution in [2.45, 2.75) is 57.8 Å². The second kappa shape index (κ2) is 6.99. The number of carbonyl (C=O) groups is 1. The van der Waals surface area contributed by atoms with E-state index >= 15 is 0 Å². The Morgan fingerprint density at radius 1 is 1.19 bits per heavy atom. The van der Waals surface area contributed by atoms with Gasteiger partial charge in [0.05, 0.1) is 12.7 Å². The fourth-order valence-corrected chi connectivity index (χ4v) is 3.93. The Kier molecular flexibility index (Phi) is 4.69. The van der Waals surface area contributed by atoms with Crippen molar-refractivity contribution in [3.05, 3.63) is 18.2 Å². The van der Waals surface area contributed by atoms with Gasteiger partial charge in [-0.3, -0.25) is 0 Å². The Labute approximate surface area is 154 Å². The van der Waals surface area contributed by atoms with Crippen molar-refractivity contribution in [2.75, 3.05) is 25.0 Å². The third-order valence-electron chi connectivity index (χ3n) is 5.53. The molecule has 0 bridgehead atoms. The minimum atomic E-state index is -0.488. The first-order valence-corrected chi connectivity index (χ1v) is 9.74. The van der Waals surface area contributed by atoms with E-state index in [9.17, 15) is 4.79 Å². The number of hydrogen-bond acceptors (Lipinski definition) is 4. The third kappa shape index (κ3) is 3.47. The highest BCUT2D eigenvalue weighted by molar-refractivity contribution is 5.89. The predicted molar refractivity (Wildman–Crippen MR) is 98.7 cm³/mol. The van der Waals surface area contributed by atoms with Crippen LogP contribution in [0.3, 0.4) is 0 Å². The highest BCUT2D eigenvalue weighted by atomic mass is 16.7. The molecule has 26 heavy (non-hydrogen) atoms. The first-order valence-electron chi connectivity index (χ1n) is 9.74. The number of nitrogens with one attached hydrogen (secondary N) is 1. The summed E-state index contributed by atoms with van der Waals surface area (Å²) >= 11 is 0. The van der Waals surface area contributed by atoms with E-state index in [1.807, 2.05) is 23.1 Å². The summed E-state index contributed by atoms with van der Waals surface area (Å²) in [6.45, 7) is 6.05. The van der Waals surface area contributed by atoms with Gasteiger partial charge in [-0.15, -0.1) is 0 Å². The smallest absolute Gasteiger partial charge is 0.322 e. The second-order valence-electron chi connectivity index (χ2n) is 7.87. The molecule has 6 nitrogen and oxygen atoms in total. The Morgan fingerprint density at radius 2 is 1.96 bits per heavy atom. The fourth-order valence-electron chi connectivity index (χ4n) is 3.93. The Morgan fingerprint density at radius 3 is 2.73 bits per heavy atom. The maximum Gasteiger partial charge on any atom is 0.322 e. The summed E-state index contributed by atoms with van der Waals surface area (Å²) in [5.74, 6) is 1.41. The summed E-state index contributed by atoms with van der Waals surface area (Å²) in [7, 11) is 0. The number of rotatable bonds is 2. The lowest BCUT2D eigenvalue weighted by molar-refractivity contribution is -0.105. The summed E-state index contributed by atoms with van der Waals surface area (Å²) in [5, 5.41) is 2.99. The molecule has 1 atom stereocenters. The first kappa shape index (κ1) is 17.5. The standard InChI is InChI=1S/C20H28N2O4/c1-14(2)18-13-22(10-11-24-18)19(23)21-15-6-7-16-17(12-15)26-20(25-16)8-4-3-5-9-20/h6-7,12,14,18H,3-5,8-11,13H2,1-2H3,(H,21,23)/t18-/m0/s1. The predicted octanol–water partition coefficient (Wildman–Crippen LogP) is 4.01. The van der Waals surface area contributed by atoms with Crippen molar-refractivity contribution in [3.63, 3.8) is 0 Å². The quantitative estimate of drug-likeness (QED) is 0.866. The SMILES string of the molecule is CC(C)[C@@H]1CN(C(=O)Nc2ccc3c(c2)OC2(CCCCC2)O3)CCO1. The van der Waals surface area contributed by atoms with E-state index in [1.165, 1.54) is 6.42 Å². The fraction of sp³-hybridized carbons (Fsp3) is 0.650. The van der Waals surface area contributed by atoms with E-state index in [0.29, 0.717) is 25.6 Å². The molecule has 1 N–H and O–H groups in total. The van der Waals surface area contributed by atoms with Crippen LogP contribution in [0.4, 0.5) is 10.5 Å². The van der Waals surface area contributed by atoms with E-state index in [2.05, 4.69) is 19.2 Å². The Bertz CT molecular complexity index is 670. The van der Waals surface area contributed by atoms with Gasteiger partial charge in [-0.25, -0.2) is 4.79 Å². The van der Waals surface area contributed by atoms with Crippen LogP contribution in [0.2, 0.25) is 0 Å². The van der Waals surface area contributed by atoms with Gasteiger partial charge in [0.15, 0.2) is 11.5 Å². The van der Waals surface area contributed by atoms with Gasteiger partial charge >= 0.3 is 6.03 Å². The van der Waals surface area contributed by atoms with E-state index in [4.69, 9.17) is 14.2 Å². The average molecular weight is 360 g/mol. The molecule has 1 aromatic carbocycles. The van der Waals surface area contributed by atoms with E-state index < -0.39 is 5.79 Å². The number of anilines is 1. The molecule has 4 rings (SSSR count). The second-order valence-corrected chi connectivity index (χ2v) is 7.87. The summed E-state index contributed by atoms with van der Waals surface area (Å²) < 4.78 is 18.0. The Balaban J connectivity index is 1.41. The summed E-state index contributed by atoms with van der Waals surface area (Å²) in [4.78, 5) is 14.4. The first-order chi connectivity index (χ1) is 12.5. The lowest BCUT2D eigenvalue weighted by Crippen LogP contribution is -2.48. The molecular weight excluding hydrogens is 332 g/mol. The number of nitrogens with zero attached hydrogens (tertiary/aromatic N) is 1. The normalized spacial score (nSPS) is 24.1. The van der Waals surface area contributed by atoms with Crippen LogP contribution in [0.5, 0.6) is 11.5 Å². The van der Waals surface area contributed by atoms with Crippen molar-refractivity contribution < 1.29 is 19.0 Å². The molecule has 6 heteroatoms. The topological polar surface area (TPSA) is 60.0 Å². The van der Waals surface area contributed by atoms with Gasteiger partial charge in [0.1, 0.15) is 0 Å². The maximum absolute atomic E-state index is 12.6. The van der Waals surface area contributed by atoms with Crippen molar-refractivity contribution in [2.24, 2.45) is 5.92 Å². The van der Waals surface area contributed by atoms with Crippen molar-refractivity contribution in [1.82, 2.24) is 4.90 Å². The molecule has 142 valence electrons. The number of urea groups is 1. The molecule has 3 aliphatic rings. The van der Waals surface area contributed by atoms with E-state index in [1.54, 1.807) is 0 Å². The zero-order chi connectivity index (χ0) is 18.1. The molecule has 1 aromatic rings. The molecule has 1 saturated carbocycles. The molecule has 2 aliphatic heterocycles. The average Bonchev–Trinajstić information content (AvgIpc) is 2.98. The van der Waals surface area contributed by atoms with Crippen molar-refractivity contribution in [3.8, 4) is 11.5 Å². The largest absolute Gasteiger partial charge is 0.448 e. The summed E-state index contributed by atoms with van der Waals surface area (Å²) in [5.41, 5.74) is 0.734. The molecule has 1 aliphatic carbocycles. The molecule has 0 aromatic heterocycles. The minimum Gasteiger partial charge on any atom is -0.448 e. The van der Waals surface area contributed by atoms with Gasteiger partial charge in [0, 0.05) is 37.7 Å². The lowest BCUT2D eigenvalue weighted by atomic mass is 9.94. The molecular formula is C20H28N2O4. The van der Waals surface area contributed by atoms with Crippen LogP contribution in [0, 0.1) is 5.92 Å². The molecule has 2 heterocycles. The van der Waals surface area contributed by atoms with Gasteiger partial charge < -0.3 is 24.4 Å². The molecule has 2 fully saturated rings. The van der Waals surface area contributed by atoms with E-state index in [-0.39, 0.29) is 12.1 Å². The van der Waals surface area contributed by atoms with Crippen molar-refractivity contribution in [1.29, 1.82) is 0 Å². The number of hydrogen-bond donors (Lipinski definition) is 1. The zero-order valence-corrected chi connectivity index (χ0v) is 15.6. The number of fused-ring (bicyclic) bond motifs is 1. The Hall–Kier alpha value is -1.95. The maximum atomic E-state index is 12.6. The highest BCUT2D eigenvalue weighted by Gasteiger charge is 2.42.